The van der Waals surface area contributed by atoms with E-state index < -0.39 is 17.2 Å². The Hall–Kier alpha value is -1.64. The number of rotatable bonds is 4. The number of alkyl halides is 3. The minimum absolute atomic E-state index is 0.408. The average molecular weight is 357 g/mol. The molecule has 130 valence electrons. The second kappa shape index (κ2) is 7.08. The van der Waals surface area contributed by atoms with E-state index >= 15 is 0 Å². The van der Waals surface area contributed by atoms with Gasteiger partial charge in [-0.15, -0.1) is 0 Å². The molecule has 2 aromatic rings. The maximum Gasteiger partial charge on any atom is 0.427 e. The number of thiazole rings is 1. The molecular weight excluding hydrogens is 339 g/mol. The van der Waals surface area contributed by atoms with Crippen LogP contribution in [0.5, 0.6) is 0 Å². The van der Waals surface area contributed by atoms with Crippen molar-refractivity contribution in [1.82, 2.24) is 9.88 Å². The first kappa shape index (κ1) is 17.2. The van der Waals surface area contributed by atoms with Crippen LogP contribution >= 0.6 is 11.3 Å². The van der Waals surface area contributed by atoms with Gasteiger partial charge in [0.1, 0.15) is 4.88 Å². The normalized spacial score (nSPS) is 17.9. The van der Waals surface area contributed by atoms with Crippen molar-refractivity contribution in [2.45, 2.75) is 12.3 Å². The molecule has 0 amide bonds. The highest BCUT2D eigenvalue weighted by Crippen LogP contribution is 2.36. The number of aliphatic hydroxyl groups excluding tert-OH is 1. The lowest BCUT2D eigenvalue weighted by Gasteiger charge is -2.35. The lowest BCUT2D eigenvalue weighted by atomic mass is 10.1. The monoisotopic (exact) mass is 357 g/mol. The first-order chi connectivity index (χ1) is 11.4. The zero-order valence-electron chi connectivity index (χ0n) is 12.9. The summed E-state index contributed by atoms with van der Waals surface area (Å²) in [6.07, 6.45) is -4.00. The molecule has 1 aliphatic rings. The number of aliphatic hydroxyl groups is 1. The summed E-state index contributed by atoms with van der Waals surface area (Å²) in [4.78, 5) is 7.21. The molecular formula is C16H18F3N3OS. The van der Waals surface area contributed by atoms with Gasteiger partial charge in [0.15, 0.2) is 5.13 Å². The molecule has 0 radical (unpaired) electrons. The lowest BCUT2D eigenvalue weighted by Crippen LogP contribution is -2.47. The third-order valence-corrected chi connectivity index (χ3v) is 5.13. The van der Waals surface area contributed by atoms with Crippen molar-refractivity contribution in [2.75, 3.05) is 37.6 Å². The van der Waals surface area contributed by atoms with Crippen LogP contribution in [0.25, 0.3) is 0 Å². The Bertz CT molecular complexity index is 654. The van der Waals surface area contributed by atoms with E-state index in [1.807, 2.05) is 35.2 Å². The Morgan fingerprint density at radius 3 is 2.38 bits per heavy atom. The fourth-order valence-electron chi connectivity index (χ4n) is 2.69. The number of hydrogen-bond acceptors (Lipinski definition) is 5. The van der Waals surface area contributed by atoms with E-state index in [1.54, 1.807) is 0 Å². The largest absolute Gasteiger partial charge is 0.427 e. The molecule has 1 aliphatic heterocycles. The van der Waals surface area contributed by atoms with Crippen LogP contribution in [0.1, 0.15) is 16.5 Å². The van der Waals surface area contributed by atoms with Crippen LogP contribution < -0.4 is 4.90 Å². The summed E-state index contributed by atoms with van der Waals surface area (Å²) in [5.74, 6) is 0. The van der Waals surface area contributed by atoms with Crippen molar-refractivity contribution >= 4 is 16.5 Å². The van der Waals surface area contributed by atoms with Crippen molar-refractivity contribution in [3.05, 3.63) is 47.0 Å². The van der Waals surface area contributed by atoms with E-state index in [9.17, 15) is 18.3 Å². The third kappa shape index (κ3) is 4.06. The van der Waals surface area contributed by atoms with Gasteiger partial charge in [0.25, 0.3) is 0 Å². The highest BCUT2D eigenvalue weighted by atomic mass is 32.1. The van der Waals surface area contributed by atoms with Crippen molar-refractivity contribution in [1.29, 1.82) is 0 Å². The van der Waals surface area contributed by atoms with Gasteiger partial charge in [0, 0.05) is 32.7 Å². The smallest absolute Gasteiger partial charge is 0.387 e. The van der Waals surface area contributed by atoms with Crippen LogP contribution in [0.2, 0.25) is 0 Å². The summed E-state index contributed by atoms with van der Waals surface area (Å²) < 4.78 is 38.0. The summed E-state index contributed by atoms with van der Waals surface area (Å²) in [6.45, 7) is 3.10. The standard InChI is InChI=1S/C16H18F3N3OS/c17-16(18,19)14-10-20-15(24-14)22-8-6-21(7-9-22)11-13(23)12-4-2-1-3-5-12/h1-5,10,13,23H,6-9,11H2/t13-/m1/s1. The zero-order valence-corrected chi connectivity index (χ0v) is 13.7. The predicted octanol–water partition coefficient (Wildman–Crippen LogP) is 3.02. The van der Waals surface area contributed by atoms with Crippen molar-refractivity contribution in [3.8, 4) is 0 Å². The van der Waals surface area contributed by atoms with Crippen molar-refractivity contribution in [2.24, 2.45) is 0 Å². The van der Waals surface area contributed by atoms with Gasteiger partial charge < -0.3 is 10.0 Å². The quantitative estimate of drug-likeness (QED) is 0.913. The first-order valence-electron chi connectivity index (χ1n) is 7.67. The number of β-amino-alcohol motifs (C(OH)–C–C–N with tert-alkyl or cyclic N) is 1. The van der Waals surface area contributed by atoms with Gasteiger partial charge in [-0.25, -0.2) is 4.98 Å². The second-order valence-electron chi connectivity index (χ2n) is 5.72. The maximum absolute atomic E-state index is 12.7. The Morgan fingerprint density at radius 1 is 1.12 bits per heavy atom. The van der Waals surface area contributed by atoms with Crippen LogP contribution in [0.15, 0.2) is 36.5 Å². The summed E-state index contributed by atoms with van der Waals surface area (Å²) >= 11 is 0.680. The zero-order chi connectivity index (χ0) is 17.2. The van der Waals surface area contributed by atoms with Crippen LogP contribution in [0, 0.1) is 0 Å². The Kier molecular flexibility index (Phi) is 5.07. The number of piperazine rings is 1. The van der Waals surface area contributed by atoms with Crippen LogP contribution in [0.3, 0.4) is 0 Å². The molecule has 1 N–H and O–H groups in total. The van der Waals surface area contributed by atoms with E-state index in [4.69, 9.17) is 0 Å². The Balaban J connectivity index is 1.53. The molecule has 1 saturated heterocycles. The van der Waals surface area contributed by atoms with Gasteiger partial charge in [-0.3, -0.25) is 4.90 Å². The van der Waals surface area contributed by atoms with Crippen LogP contribution in [0.4, 0.5) is 18.3 Å². The Labute approximate surface area is 142 Å². The summed E-state index contributed by atoms with van der Waals surface area (Å²) in [6, 6.07) is 9.44. The summed E-state index contributed by atoms with van der Waals surface area (Å²) in [5.41, 5.74) is 0.870. The number of benzene rings is 1. The van der Waals surface area contributed by atoms with E-state index in [0.717, 1.165) is 11.8 Å². The molecule has 4 nitrogen and oxygen atoms in total. The number of nitrogens with zero attached hydrogens (tertiary/aromatic N) is 3. The van der Waals surface area contributed by atoms with Crippen molar-refractivity contribution < 1.29 is 18.3 Å². The Morgan fingerprint density at radius 2 is 1.79 bits per heavy atom. The minimum atomic E-state index is -4.34. The van der Waals surface area contributed by atoms with Gasteiger partial charge in [-0.1, -0.05) is 41.7 Å². The third-order valence-electron chi connectivity index (χ3n) is 4.03. The SMILES string of the molecule is O[C@H](CN1CCN(c2ncc(C(F)(F)F)s2)CC1)c1ccccc1. The summed E-state index contributed by atoms with van der Waals surface area (Å²) in [5, 5.41) is 10.7. The fraction of sp³-hybridized carbons (Fsp3) is 0.438. The molecule has 1 atom stereocenters. The highest BCUT2D eigenvalue weighted by Gasteiger charge is 2.34. The van der Waals surface area contributed by atoms with E-state index in [2.05, 4.69) is 9.88 Å². The number of halogens is 3. The van der Waals surface area contributed by atoms with Crippen LogP contribution in [-0.2, 0) is 6.18 Å². The molecule has 0 unspecified atom stereocenters. The number of anilines is 1. The predicted molar refractivity (Wildman–Crippen MR) is 87.2 cm³/mol. The highest BCUT2D eigenvalue weighted by molar-refractivity contribution is 7.15. The topological polar surface area (TPSA) is 39.6 Å². The van der Waals surface area contributed by atoms with E-state index in [-0.39, 0.29) is 0 Å². The molecule has 1 fully saturated rings. The van der Waals surface area contributed by atoms with Gasteiger partial charge in [-0.2, -0.15) is 13.2 Å². The number of aromatic nitrogens is 1. The van der Waals surface area contributed by atoms with Gasteiger partial charge in [0.05, 0.1) is 12.3 Å². The molecule has 1 aromatic heterocycles. The second-order valence-corrected chi connectivity index (χ2v) is 6.73. The van der Waals surface area contributed by atoms with Crippen LogP contribution in [-0.4, -0.2) is 47.7 Å². The molecule has 0 spiro atoms. The first-order valence-corrected chi connectivity index (χ1v) is 8.48. The van der Waals surface area contributed by atoms with Crippen molar-refractivity contribution in [3.63, 3.8) is 0 Å². The van der Waals surface area contributed by atoms with Gasteiger partial charge in [-0.05, 0) is 5.56 Å². The van der Waals surface area contributed by atoms with E-state index in [0.29, 0.717) is 49.2 Å². The molecule has 2 heterocycles. The maximum atomic E-state index is 12.7. The molecule has 3 rings (SSSR count). The lowest BCUT2D eigenvalue weighted by molar-refractivity contribution is -0.134. The molecule has 0 aliphatic carbocycles. The van der Waals surface area contributed by atoms with E-state index in [1.165, 1.54) is 0 Å². The molecule has 0 bridgehead atoms. The average Bonchev–Trinajstić information content (AvgIpc) is 3.07. The van der Waals surface area contributed by atoms with Gasteiger partial charge >= 0.3 is 6.18 Å². The summed E-state index contributed by atoms with van der Waals surface area (Å²) in [7, 11) is 0. The molecule has 1 aromatic carbocycles. The van der Waals surface area contributed by atoms with Gasteiger partial charge in [0.2, 0.25) is 0 Å². The molecule has 24 heavy (non-hydrogen) atoms. The fourth-order valence-corrected chi connectivity index (χ4v) is 3.52. The minimum Gasteiger partial charge on any atom is -0.387 e. The number of hydrogen-bond donors (Lipinski definition) is 1. The molecule has 0 saturated carbocycles. The molecule has 8 heteroatoms.